The second kappa shape index (κ2) is 7.14. The predicted molar refractivity (Wildman–Crippen MR) is 62.0 cm³/mol. The molecule has 0 saturated heterocycles. The summed E-state index contributed by atoms with van der Waals surface area (Å²) >= 11 is 0. The van der Waals surface area contributed by atoms with Gasteiger partial charge in [-0.3, -0.25) is 4.79 Å². The van der Waals surface area contributed by atoms with Gasteiger partial charge in [-0.25, -0.2) is 0 Å². The second-order valence-corrected chi connectivity index (χ2v) is 3.64. The number of carbonyl (C=O) groups excluding carboxylic acids is 1. The first-order valence-corrected chi connectivity index (χ1v) is 5.57. The summed E-state index contributed by atoms with van der Waals surface area (Å²) in [4.78, 5) is 11.5. The van der Waals surface area contributed by atoms with Crippen LogP contribution in [0.25, 0.3) is 0 Å². The van der Waals surface area contributed by atoms with E-state index in [1.165, 1.54) is 0 Å². The highest BCUT2D eigenvalue weighted by Crippen LogP contribution is 2.05. The number of aryl methyl sites for hydroxylation is 1. The van der Waals surface area contributed by atoms with Crippen molar-refractivity contribution in [3.63, 3.8) is 0 Å². The summed E-state index contributed by atoms with van der Waals surface area (Å²) in [6, 6.07) is 9.84. The molecule has 1 rings (SSSR count). The van der Waals surface area contributed by atoms with Gasteiger partial charge in [0.05, 0.1) is 6.42 Å². The lowest BCUT2D eigenvalue weighted by molar-refractivity contribution is -0.135. The Balaban J connectivity index is 2.25. The molecule has 0 aliphatic rings. The lowest BCUT2D eigenvalue weighted by atomic mass is 10.1. The normalized spacial score (nSPS) is 12.4. The molecule has 0 amide bonds. The molecule has 1 N–H and O–H groups in total. The Bertz CT molecular complexity index is 308. The van der Waals surface area contributed by atoms with Gasteiger partial charge < -0.3 is 9.84 Å². The maximum Gasteiger partial charge on any atom is 0.161 e. The molecule has 3 heteroatoms. The number of aliphatic hydroxyl groups excluding tert-OH is 1. The minimum absolute atomic E-state index is 0.0322. The molecule has 0 aliphatic carbocycles. The summed E-state index contributed by atoms with van der Waals surface area (Å²) in [7, 11) is 0. The molecule has 0 fully saturated rings. The van der Waals surface area contributed by atoms with Crippen LogP contribution in [0.15, 0.2) is 30.3 Å². The maximum atomic E-state index is 11.5. The lowest BCUT2D eigenvalue weighted by Gasteiger charge is -2.09. The van der Waals surface area contributed by atoms with Crippen molar-refractivity contribution in [2.45, 2.75) is 32.5 Å². The number of rotatable bonds is 7. The molecule has 16 heavy (non-hydrogen) atoms. The van der Waals surface area contributed by atoms with Crippen LogP contribution >= 0.6 is 0 Å². The Hall–Kier alpha value is -1.19. The van der Waals surface area contributed by atoms with Crippen LogP contribution in [0.4, 0.5) is 0 Å². The largest absolute Gasteiger partial charge is 0.368 e. The Kier molecular flexibility index (Phi) is 5.75. The summed E-state index contributed by atoms with van der Waals surface area (Å²) in [5, 5.41) is 9.27. The fourth-order valence-corrected chi connectivity index (χ4v) is 1.48. The van der Waals surface area contributed by atoms with Crippen molar-refractivity contribution in [2.75, 3.05) is 6.61 Å². The third-order valence-corrected chi connectivity index (χ3v) is 2.30. The van der Waals surface area contributed by atoms with Crippen molar-refractivity contribution in [1.29, 1.82) is 0 Å². The number of ether oxygens (including phenoxy) is 1. The van der Waals surface area contributed by atoms with E-state index in [0.29, 0.717) is 13.0 Å². The van der Waals surface area contributed by atoms with Crippen LogP contribution in [-0.2, 0) is 16.0 Å². The summed E-state index contributed by atoms with van der Waals surface area (Å²) in [6.45, 7) is 2.21. The number of hydrogen-bond acceptors (Lipinski definition) is 3. The van der Waals surface area contributed by atoms with Gasteiger partial charge in [0.15, 0.2) is 6.29 Å². The smallest absolute Gasteiger partial charge is 0.161 e. The van der Waals surface area contributed by atoms with Crippen LogP contribution < -0.4 is 0 Å². The minimum atomic E-state index is -0.951. The summed E-state index contributed by atoms with van der Waals surface area (Å²) < 4.78 is 4.90. The van der Waals surface area contributed by atoms with E-state index in [-0.39, 0.29) is 12.2 Å². The SMILES string of the molecule is CCOC(O)CC(=O)CCc1ccccc1. The molecule has 1 unspecified atom stereocenters. The van der Waals surface area contributed by atoms with Crippen molar-refractivity contribution < 1.29 is 14.6 Å². The molecule has 1 atom stereocenters. The van der Waals surface area contributed by atoms with E-state index in [9.17, 15) is 9.90 Å². The predicted octanol–water partition coefficient (Wildman–Crippen LogP) is 1.93. The summed E-state index contributed by atoms with van der Waals surface area (Å²) in [5.74, 6) is 0.0322. The number of ketones is 1. The topological polar surface area (TPSA) is 46.5 Å². The zero-order chi connectivity index (χ0) is 11.8. The molecule has 1 aromatic rings. The van der Waals surface area contributed by atoms with E-state index in [4.69, 9.17) is 4.74 Å². The number of benzene rings is 1. The molecule has 0 heterocycles. The maximum absolute atomic E-state index is 11.5. The lowest BCUT2D eigenvalue weighted by Crippen LogP contribution is -2.17. The van der Waals surface area contributed by atoms with Crippen LogP contribution in [0.5, 0.6) is 0 Å². The molecule has 0 aliphatic heterocycles. The molecular formula is C13H18O3. The molecular weight excluding hydrogens is 204 g/mol. The molecule has 1 aromatic carbocycles. The minimum Gasteiger partial charge on any atom is -0.368 e. The summed E-state index contributed by atoms with van der Waals surface area (Å²) in [6.07, 6.45) is 0.307. The Labute approximate surface area is 96.1 Å². The van der Waals surface area contributed by atoms with Crippen molar-refractivity contribution in [3.05, 3.63) is 35.9 Å². The average Bonchev–Trinajstić information content (AvgIpc) is 2.28. The first-order chi connectivity index (χ1) is 7.72. The van der Waals surface area contributed by atoms with Crippen molar-refractivity contribution in [1.82, 2.24) is 0 Å². The standard InChI is InChI=1S/C13H18O3/c1-2-16-13(15)10-12(14)9-8-11-6-4-3-5-7-11/h3-7,13,15H,2,8-10H2,1H3. The van der Waals surface area contributed by atoms with Gasteiger partial charge in [-0.15, -0.1) is 0 Å². The van der Waals surface area contributed by atoms with E-state index in [1.807, 2.05) is 30.3 Å². The van der Waals surface area contributed by atoms with E-state index in [2.05, 4.69) is 0 Å². The van der Waals surface area contributed by atoms with Crippen molar-refractivity contribution >= 4 is 5.78 Å². The third-order valence-electron chi connectivity index (χ3n) is 2.30. The Morgan fingerprint density at radius 2 is 2.06 bits per heavy atom. The fourth-order valence-electron chi connectivity index (χ4n) is 1.48. The van der Waals surface area contributed by atoms with Crippen LogP contribution in [0.2, 0.25) is 0 Å². The number of carbonyl (C=O) groups is 1. The van der Waals surface area contributed by atoms with Crippen LogP contribution in [0.1, 0.15) is 25.3 Å². The molecule has 0 aromatic heterocycles. The van der Waals surface area contributed by atoms with Crippen LogP contribution in [0.3, 0.4) is 0 Å². The van der Waals surface area contributed by atoms with Gasteiger partial charge >= 0.3 is 0 Å². The monoisotopic (exact) mass is 222 g/mol. The molecule has 0 spiro atoms. The van der Waals surface area contributed by atoms with E-state index >= 15 is 0 Å². The Morgan fingerprint density at radius 1 is 1.38 bits per heavy atom. The van der Waals surface area contributed by atoms with Gasteiger partial charge in [0.25, 0.3) is 0 Å². The fraction of sp³-hybridized carbons (Fsp3) is 0.462. The van der Waals surface area contributed by atoms with E-state index in [0.717, 1.165) is 12.0 Å². The van der Waals surface area contributed by atoms with Gasteiger partial charge in [0.2, 0.25) is 0 Å². The quantitative estimate of drug-likeness (QED) is 0.717. The molecule has 3 nitrogen and oxygen atoms in total. The number of Topliss-reactive ketones (excluding diaryl/α,β-unsaturated/α-hetero) is 1. The highest BCUT2D eigenvalue weighted by Gasteiger charge is 2.10. The zero-order valence-electron chi connectivity index (χ0n) is 9.56. The van der Waals surface area contributed by atoms with Gasteiger partial charge in [0, 0.05) is 13.0 Å². The zero-order valence-corrected chi connectivity index (χ0v) is 9.56. The average molecular weight is 222 g/mol. The van der Waals surface area contributed by atoms with Gasteiger partial charge in [-0.2, -0.15) is 0 Å². The van der Waals surface area contributed by atoms with Crippen LogP contribution in [-0.4, -0.2) is 23.8 Å². The summed E-state index contributed by atoms with van der Waals surface area (Å²) in [5.41, 5.74) is 1.14. The van der Waals surface area contributed by atoms with Gasteiger partial charge in [-0.05, 0) is 18.9 Å². The van der Waals surface area contributed by atoms with E-state index < -0.39 is 6.29 Å². The third kappa shape index (κ3) is 5.05. The highest BCUT2D eigenvalue weighted by atomic mass is 16.6. The van der Waals surface area contributed by atoms with E-state index in [1.54, 1.807) is 6.92 Å². The molecule has 0 bridgehead atoms. The number of hydrogen-bond donors (Lipinski definition) is 1. The molecule has 0 saturated carbocycles. The Morgan fingerprint density at radius 3 is 2.69 bits per heavy atom. The first kappa shape index (κ1) is 12.9. The second-order valence-electron chi connectivity index (χ2n) is 3.64. The van der Waals surface area contributed by atoms with Gasteiger partial charge in [-0.1, -0.05) is 30.3 Å². The molecule has 88 valence electrons. The van der Waals surface area contributed by atoms with Gasteiger partial charge in [0.1, 0.15) is 5.78 Å². The highest BCUT2D eigenvalue weighted by molar-refractivity contribution is 5.78. The van der Waals surface area contributed by atoms with Crippen LogP contribution in [0, 0.1) is 0 Å². The number of aliphatic hydroxyl groups is 1. The molecule has 0 radical (unpaired) electrons. The first-order valence-electron chi connectivity index (χ1n) is 5.57. The van der Waals surface area contributed by atoms with Crippen molar-refractivity contribution in [2.24, 2.45) is 0 Å². The van der Waals surface area contributed by atoms with Crippen molar-refractivity contribution in [3.8, 4) is 0 Å².